The van der Waals surface area contributed by atoms with Crippen LogP contribution in [0.25, 0.3) is 0 Å². The molecule has 0 unspecified atom stereocenters. The van der Waals surface area contributed by atoms with Crippen molar-refractivity contribution in [2.24, 2.45) is 10.8 Å². The maximum atomic E-state index is 13.2. The quantitative estimate of drug-likeness (QED) is 0.227. The lowest BCUT2D eigenvalue weighted by molar-refractivity contribution is -0.273. The molecule has 1 fully saturated rings. The van der Waals surface area contributed by atoms with Crippen LogP contribution in [0.3, 0.4) is 0 Å². The number of nitrogens with one attached hydrogen (secondary N) is 1. The van der Waals surface area contributed by atoms with Crippen molar-refractivity contribution in [2.75, 3.05) is 13.2 Å². The zero-order chi connectivity index (χ0) is 29.7. The number of hydrogen-bond acceptors (Lipinski definition) is 8. The van der Waals surface area contributed by atoms with Gasteiger partial charge in [-0.3, -0.25) is 14.4 Å². The Morgan fingerprint density at radius 2 is 1.45 bits per heavy atom. The maximum Gasteiger partial charge on any atom is 0.311 e. The fourth-order valence-corrected chi connectivity index (χ4v) is 4.71. The van der Waals surface area contributed by atoms with Gasteiger partial charge in [0.05, 0.1) is 10.8 Å². The van der Waals surface area contributed by atoms with E-state index in [2.05, 4.69) is 39.2 Å². The van der Waals surface area contributed by atoms with Crippen molar-refractivity contribution in [3.63, 3.8) is 0 Å². The number of rotatable bonds is 10. The zero-order valence-corrected chi connectivity index (χ0v) is 27.0. The number of amides is 1. The van der Waals surface area contributed by atoms with Crippen molar-refractivity contribution >= 4 is 26.2 Å². The van der Waals surface area contributed by atoms with E-state index in [1.54, 1.807) is 41.5 Å². The Labute approximate surface area is 231 Å². The van der Waals surface area contributed by atoms with Gasteiger partial charge in [0, 0.05) is 13.5 Å². The molecule has 0 aromatic carbocycles. The molecule has 1 amide bonds. The van der Waals surface area contributed by atoms with E-state index >= 15 is 0 Å². The van der Waals surface area contributed by atoms with Crippen LogP contribution in [0.2, 0.25) is 18.1 Å². The summed E-state index contributed by atoms with van der Waals surface area (Å²) in [6.45, 7) is 24.8. The molecule has 0 radical (unpaired) electrons. The Bertz CT molecular complexity index is 809. The van der Waals surface area contributed by atoms with Crippen LogP contribution in [0.1, 0.15) is 89.0 Å². The molecule has 1 saturated heterocycles. The minimum absolute atomic E-state index is 0.112. The van der Waals surface area contributed by atoms with E-state index in [-0.39, 0.29) is 23.5 Å². The third-order valence-electron chi connectivity index (χ3n) is 6.88. The summed E-state index contributed by atoms with van der Waals surface area (Å²) in [4.78, 5) is 38.2. The summed E-state index contributed by atoms with van der Waals surface area (Å²) in [5.74, 6) is -1.15. The van der Waals surface area contributed by atoms with Crippen molar-refractivity contribution in [1.82, 2.24) is 5.32 Å². The average Bonchev–Trinajstić information content (AvgIpc) is 2.73. The SMILES string of the molecule is CCCCO[C@@H]1O[C@H](COC(=O)C(C)(C)C)[C@@H](O[Si](C)(C)C(C)(C)C)[C@H](OC(=O)C(C)(C)C)[C@H]1NC(C)=O. The lowest BCUT2D eigenvalue weighted by atomic mass is 9.94. The molecule has 0 spiro atoms. The molecule has 1 aliphatic rings. The monoisotopic (exact) mass is 559 g/mol. The van der Waals surface area contributed by atoms with Crippen LogP contribution in [0.15, 0.2) is 0 Å². The van der Waals surface area contributed by atoms with Gasteiger partial charge in [0.15, 0.2) is 20.7 Å². The number of carbonyl (C=O) groups is 3. The van der Waals surface area contributed by atoms with Gasteiger partial charge in [0.25, 0.3) is 0 Å². The molecule has 38 heavy (non-hydrogen) atoms. The van der Waals surface area contributed by atoms with Crippen LogP contribution in [-0.2, 0) is 37.8 Å². The van der Waals surface area contributed by atoms with Gasteiger partial charge in [0.1, 0.15) is 24.9 Å². The second-order valence-electron chi connectivity index (χ2n) is 13.8. The molecular formula is C28H53NO8Si. The summed E-state index contributed by atoms with van der Waals surface area (Å²) >= 11 is 0. The molecule has 1 N–H and O–H groups in total. The summed E-state index contributed by atoms with van der Waals surface area (Å²) < 4.78 is 31.1. The largest absolute Gasteiger partial charge is 0.462 e. The molecule has 222 valence electrons. The molecule has 0 aromatic heterocycles. The number of esters is 2. The zero-order valence-electron chi connectivity index (χ0n) is 26.0. The summed E-state index contributed by atoms with van der Waals surface area (Å²) in [7, 11) is -2.45. The first-order chi connectivity index (χ1) is 17.1. The van der Waals surface area contributed by atoms with Gasteiger partial charge in [-0.2, -0.15) is 0 Å². The average molecular weight is 560 g/mol. The molecule has 0 aromatic rings. The van der Waals surface area contributed by atoms with Gasteiger partial charge in [-0.1, -0.05) is 34.1 Å². The Kier molecular flexibility index (Phi) is 12.0. The van der Waals surface area contributed by atoms with E-state index in [0.29, 0.717) is 6.61 Å². The van der Waals surface area contributed by atoms with Gasteiger partial charge in [-0.25, -0.2) is 0 Å². The molecule has 1 heterocycles. The van der Waals surface area contributed by atoms with Crippen LogP contribution in [0, 0.1) is 10.8 Å². The second kappa shape index (κ2) is 13.2. The normalized spacial score (nSPS) is 25.0. The standard InChI is InChI=1S/C28H53NO8Si/c1-14-15-16-33-23-20(29-18(2)30)22(36-25(32)27(6,7)8)21(37-38(12,13)28(9,10)11)19(35-23)17-34-24(31)26(3,4)5/h19-23H,14-17H2,1-13H3,(H,29,30)/t19-,20-,21-,22-,23-/m1/s1. The topological polar surface area (TPSA) is 109 Å². The van der Waals surface area contributed by atoms with Gasteiger partial charge < -0.3 is 28.7 Å². The van der Waals surface area contributed by atoms with Crippen LogP contribution in [-0.4, -0.2) is 70.0 Å². The Morgan fingerprint density at radius 3 is 1.89 bits per heavy atom. The predicted octanol–water partition coefficient (Wildman–Crippen LogP) is 4.97. The fourth-order valence-electron chi connectivity index (χ4n) is 3.39. The van der Waals surface area contributed by atoms with E-state index in [9.17, 15) is 14.4 Å². The van der Waals surface area contributed by atoms with Crippen molar-refractivity contribution in [1.29, 1.82) is 0 Å². The van der Waals surface area contributed by atoms with Gasteiger partial charge in [-0.15, -0.1) is 0 Å². The summed E-state index contributed by atoms with van der Waals surface area (Å²) in [5.41, 5.74) is -1.51. The highest BCUT2D eigenvalue weighted by Gasteiger charge is 2.54. The van der Waals surface area contributed by atoms with Gasteiger partial charge in [-0.05, 0) is 66.1 Å². The highest BCUT2D eigenvalue weighted by atomic mass is 28.4. The number of carbonyl (C=O) groups excluding carboxylic acids is 3. The summed E-state index contributed by atoms with van der Waals surface area (Å²) in [6, 6.07) is -0.819. The summed E-state index contributed by atoms with van der Waals surface area (Å²) in [6.07, 6.45) is -1.77. The molecule has 10 heteroatoms. The third kappa shape index (κ3) is 9.92. The van der Waals surface area contributed by atoms with E-state index in [1.165, 1.54) is 6.92 Å². The number of hydrogen-bond donors (Lipinski definition) is 1. The molecule has 0 saturated carbocycles. The smallest absolute Gasteiger partial charge is 0.311 e. The maximum absolute atomic E-state index is 13.2. The highest BCUT2D eigenvalue weighted by Crippen LogP contribution is 2.40. The predicted molar refractivity (Wildman–Crippen MR) is 149 cm³/mol. The number of unbranched alkanes of at least 4 members (excludes halogenated alkanes) is 1. The first kappa shape index (κ1) is 34.5. The highest BCUT2D eigenvalue weighted by molar-refractivity contribution is 6.74. The first-order valence-corrected chi connectivity index (χ1v) is 16.6. The van der Waals surface area contributed by atoms with Crippen LogP contribution in [0.5, 0.6) is 0 Å². The lowest BCUT2D eigenvalue weighted by Gasteiger charge is -2.50. The molecule has 1 aliphatic heterocycles. The van der Waals surface area contributed by atoms with Crippen molar-refractivity contribution in [3.05, 3.63) is 0 Å². The van der Waals surface area contributed by atoms with Crippen LogP contribution < -0.4 is 5.32 Å². The van der Waals surface area contributed by atoms with Crippen molar-refractivity contribution in [2.45, 2.75) is 138 Å². The van der Waals surface area contributed by atoms with E-state index in [4.69, 9.17) is 23.4 Å². The Hall–Kier alpha value is -1.49. The van der Waals surface area contributed by atoms with Gasteiger partial charge in [0.2, 0.25) is 5.91 Å². The molecule has 0 aliphatic carbocycles. The van der Waals surface area contributed by atoms with Crippen LogP contribution >= 0.6 is 0 Å². The summed E-state index contributed by atoms with van der Waals surface area (Å²) in [5, 5.41) is 2.72. The second-order valence-corrected chi connectivity index (χ2v) is 18.6. The Balaban J connectivity index is 3.61. The first-order valence-electron chi connectivity index (χ1n) is 13.7. The molecule has 5 atom stereocenters. The molecule has 1 rings (SSSR count). The van der Waals surface area contributed by atoms with Gasteiger partial charge >= 0.3 is 11.9 Å². The lowest BCUT2D eigenvalue weighted by Crippen LogP contribution is -2.68. The van der Waals surface area contributed by atoms with Crippen LogP contribution in [0.4, 0.5) is 0 Å². The van der Waals surface area contributed by atoms with E-state index < -0.39 is 55.8 Å². The fraction of sp³-hybridized carbons (Fsp3) is 0.893. The third-order valence-corrected chi connectivity index (χ3v) is 11.4. The molecule has 0 bridgehead atoms. The minimum atomic E-state index is -2.45. The molecule has 9 nitrogen and oxygen atoms in total. The van der Waals surface area contributed by atoms with Crippen molar-refractivity contribution in [3.8, 4) is 0 Å². The Morgan fingerprint density at radius 1 is 0.895 bits per heavy atom. The minimum Gasteiger partial charge on any atom is -0.462 e. The molecular weight excluding hydrogens is 506 g/mol. The van der Waals surface area contributed by atoms with E-state index in [1.807, 2.05) is 6.92 Å². The van der Waals surface area contributed by atoms with Crippen molar-refractivity contribution < 1.29 is 37.8 Å². The number of ether oxygens (including phenoxy) is 4. The van der Waals surface area contributed by atoms with E-state index in [0.717, 1.165) is 12.8 Å².